The average molecular weight is 501 g/mol. The standard InChI is InChI=1S/C21H35N5O.HI/c1-22-21(23-15-18-9-7-11-25(18)2)24-16-20(26-12-4-5-13-26)17-8-6-10-19(14-17)27-3;/h6,8,10,14,18,20H,4-5,7,9,11-13,15-16H2,1-3H3,(H2,22,23,24);1H. The summed E-state index contributed by atoms with van der Waals surface area (Å²) in [5, 5.41) is 7.07. The zero-order chi connectivity index (χ0) is 19.1. The van der Waals surface area contributed by atoms with Crippen LogP contribution in [-0.4, -0.2) is 75.7 Å². The van der Waals surface area contributed by atoms with Crippen molar-refractivity contribution in [2.45, 2.75) is 37.8 Å². The highest BCUT2D eigenvalue weighted by atomic mass is 127. The Morgan fingerprint density at radius 2 is 2.00 bits per heavy atom. The van der Waals surface area contributed by atoms with Gasteiger partial charge < -0.3 is 20.3 Å². The molecule has 2 fully saturated rings. The van der Waals surface area contributed by atoms with Crippen LogP contribution in [0.2, 0.25) is 0 Å². The van der Waals surface area contributed by atoms with E-state index in [0.29, 0.717) is 12.1 Å². The van der Waals surface area contributed by atoms with Crippen LogP contribution < -0.4 is 15.4 Å². The summed E-state index contributed by atoms with van der Waals surface area (Å²) in [4.78, 5) is 9.44. The summed E-state index contributed by atoms with van der Waals surface area (Å²) in [6, 6.07) is 9.40. The van der Waals surface area contributed by atoms with E-state index in [0.717, 1.165) is 37.9 Å². The Hall–Kier alpha value is -1.06. The molecule has 2 unspecified atom stereocenters. The van der Waals surface area contributed by atoms with Gasteiger partial charge in [0.15, 0.2) is 5.96 Å². The summed E-state index contributed by atoms with van der Waals surface area (Å²) in [6.45, 7) is 5.30. The predicted molar refractivity (Wildman–Crippen MR) is 127 cm³/mol. The van der Waals surface area contributed by atoms with Gasteiger partial charge in [0.05, 0.1) is 13.2 Å². The fourth-order valence-corrected chi connectivity index (χ4v) is 4.23. The second-order valence-corrected chi connectivity index (χ2v) is 7.65. The maximum atomic E-state index is 5.44. The average Bonchev–Trinajstić information content (AvgIpc) is 3.37. The minimum atomic E-state index is 0. The van der Waals surface area contributed by atoms with Crippen LogP contribution in [-0.2, 0) is 0 Å². The molecule has 0 aliphatic carbocycles. The molecular formula is C21H36IN5O. The fourth-order valence-electron chi connectivity index (χ4n) is 4.23. The van der Waals surface area contributed by atoms with E-state index >= 15 is 0 Å². The molecule has 0 amide bonds. The number of hydrogen-bond donors (Lipinski definition) is 2. The summed E-state index contributed by atoms with van der Waals surface area (Å²) in [7, 11) is 5.79. The Labute approximate surface area is 187 Å². The molecule has 28 heavy (non-hydrogen) atoms. The summed E-state index contributed by atoms with van der Waals surface area (Å²) < 4.78 is 5.44. The van der Waals surface area contributed by atoms with Crippen molar-refractivity contribution in [3.63, 3.8) is 0 Å². The number of guanidine groups is 1. The van der Waals surface area contributed by atoms with Crippen LogP contribution in [0.25, 0.3) is 0 Å². The van der Waals surface area contributed by atoms with Gasteiger partial charge in [-0.2, -0.15) is 0 Å². The monoisotopic (exact) mass is 501 g/mol. The number of ether oxygens (including phenoxy) is 1. The Morgan fingerprint density at radius 3 is 2.64 bits per heavy atom. The SMILES string of the molecule is CN=C(NCC1CCCN1C)NCC(c1cccc(OC)c1)N1CCCC1.I. The molecule has 0 bridgehead atoms. The van der Waals surface area contributed by atoms with Crippen molar-refractivity contribution in [1.29, 1.82) is 0 Å². The molecule has 6 nitrogen and oxygen atoms in total. The van der Waals surface area contributed by atoms with Gasteiger partial charge in [0.2, 0.25) is 0 Å². The van der Waals surface area contributed by atoms with Crippen molar-refractivity contribution >= 4 is 29.9 Å². The van der Waals surface area contributed by atoms with Gasteiger partial charge in [0, 0.05) is 26.2 Å². The number of benzene rings is 1. The van der Waals surface area contributed by atoms with Crippen molar-refractivity contribution in [2.75, 3.05) is 53.9 Å². The number of rotatable bonds is 7. The van der Waals surface area contributed by atoms with Crippen molar-refractivity contribution in [3.8, 4) is 5.75 Å². The van der Waals surface area contributed by atoms with Gasteiger partial charge in [0.25, 0.3) is 0 Å². The molecule has 1 aromatic carbocycles. The van der Waals surface area contributed by atoms with E-state index in [1.807, 2.05) is 13.1 Å². The van der Waals surface area contributed by atoms with Gasteiger partial charge >= 0.3 is 0 Å². The molecule has 2 heterocycles. The van der Waals surface area contributed by atoms with Gasteiger partial charge in [-0.1, -0.05) is 12.1 Å². The maximum absolute atomic E-state index is 5.44. The number of hydrogen-bond acceptors (Lipinski definition) is 4. The van der Waals surface area contributed by atoms with Crippen LogP contribution in [0.5, 0.6) is 5.75 Å². The third kappa shape index (κ3) is 6.22. The van der Waals surface area contributed by atoms with E-state index < -0.39 is 0 Å². The van der Waals surface area contributed by atoms with Crippen LogP contribution in [0.15, 0.2) is 29.3 Å². The Bertz CT molecular complexity index is 621. The van der Waals surface area contributed by atoms with E-state index in [2.05, 4.69) is 50.7 Å². The molecule has 0 spiro atoms. The first-order chi connectivity index (χ1) is 13.2. The molecule has 2 atom stereocenters. The lowest BCUT2D eigenvalue weighted by molar-refractivity contribution is 0.244. The highest BCUT2D eigenvalue weighted by Crippen LogP contribution is 2.27. The second kappa shape index (κ2) is 11.8. The normalized spacial score (nSPS) is 22.0. The molecule has 158 valence electrons. The third-order valence-corrected chi connectivity index (χ3v) is 5.92. The quantitative estimate of drug-likeness (QED) is 0.342. The molecule has 2 N–H and O–H groups in total. The van der Waals surface area contributed by atoms with Crippen LogP contribution in [0, 0.1) is 0 Å². The molecule has 1 aromatic rings. The fraction of sp³-hybridized carbons (Fsp3) is 0.667. The van der Waals surface area contributed by atoms with Crippen LogP contribution >= 0.6 is 24.0 Å². The molecule has 2 saturated heterocycles. The lowest BCUT2D eigenvalue weighted by Crippen LogP contribution is -2.46. The van der Waals surface area contributed by atoms with Crippen molar-refractivity contribution in [1.82, 2.24) is 20.4 Å². The molecule has 0 radical (unpaired) electrons. The maximum Gasteiger partial charge on any atom is 0.191 e. The van der Waals surface area contributed by atoms with E-state index in [1.54, 1.807) is 7.11 Å². The Kier molecular flexibility index (Phi) is 9.81. The number of nitrogens with zero attached hydrogens (tertiary/aromatic N) is 3. The molecule has 3 rings (SSSR count). The smallest absolute Gasteiger partial charge is 0.191 e. The van der Waals surface area contributed by atoms with E-state index in [4.69, 9.17) is 4.74 Å². The van der Waals surface area contributed by atoms with Crippen LogP contribution in [0.4, 0.5) is 0 Å². The van der Waals surface area contributed by atoms with Gasteiger partial charge in [-0.3, -0.25) is 9.89 Å². The topological polar surface area (TPSA) is 52.1 Å². The molecule has 2 aliphatic heterocycles. The summed E-state index contributed by atoms with van der Waals surface area (Å²) in [6.07, 6.45) is 5.12. The third-order valence-electron chi connectivity index (χ3n) is 5.92. The van der Waals surface area contributed by atoms with Gasteiger partial charge in [-0.25, -0.2) is 0 Å². The Morgan fingerprint density at radius 1 is 1.21 bits per heavy atom. The minimum Gasteiger partial charge on any atom is -0.497 e. The first-order valence-electron chi connectivity index (χ1n) is 10.2. The first-order valence-corrected chi connectivity index (χ1v) is 10.2. The second-order valence-electron chi connectivity index (χ2n) is 7.65. The highest BCUT2D eigenvalue weighted by Gasteiger charge is 2.25. The van der Waals surface area contributed by atoms with Crippen molar-refractivity contribution < 1.29 is 4.74 Å². The lowest BCUT2D eigenvalue weighted by Gasteiger charge is -2.29. The van der Waals surface area contributed by atoms with Crippen molar-refractivity contribution in [3.05, 3.63) is 29.8 Å². The van der Waals surface area contributed by atoms with Gasteiger partial charge in [-0.15, -0.1) is 24.0 Å². The summed E-state index contributed by atoms with van der Waals surface area (Å²) >= 11 is 0. The predicted octanol–water partition coefficient (Wildman–Crippen LogP) is 2.71. The van der Waals surface area contributed by atoms with Gasteiger partial charge in [0.1, 0.15) is 5.75 Å². The first kappa shape index (κ1) is 23.2. The van der Waals surface area contributed by atoms with Crippen LogP contribution in [0.1, 0.15) is 37.3 Å². The van der Waals surface area contributed by atoms with Crippen molar-refractivity contribution in [2.24, 2.45) is 4.99 Å². The molecule has 0 aromatic heterocycles. The highest BCUT2D eigenvalue weighted by molar-refractivity contribution is 14.0. The number of likely N-dealkylation sites (N-methyl/N-ethyl adjacent to an activating group) is 1. The number of likely N-dealkylation sites (tertiary alicyclic amines) is 2. The van der Waals surface area contributed by atoms with E-state index in [1.165, 1.54) is 37.8 Å². The number of methoxy groups -OCH3 is 1. The molecule has 0 saturated carbocycles. The number of halogens is 1. The minimum absolute atomic E-state index is 0. The summed E-state index contributed by atoms with van der Waals surface area (Å²) in [5.41, 5.74) is 1.30. The lowest BCUT2D eigenvalue weighted by atomic mass is 10.1. The largest absolute Gasteiger partial charge is 0.497 e. The molecular weight excluding hydrogens is 465 g/mol. The van der Waals surface area contributed by atoms with Gasteiger partial charge in [-0.05, 0) is 70.1 Å². The number of aliphatic imine (C=N–C) groups is 1. The zero-order valence-electron chi connectivity index (χ0n) is 17.5. The Balaban J connectivity index is 0.00000280. The van der Waals surface area contributed by atoms with E-state index in [-0.39, 0.29) is 24.0 Å². The van der Waals surface area contributed by atoms with Crippen LogP contribution in [0.3, 0.4) is 0 Å². The summed E-state index contributed by atoms with van der Waals surface area (Å²) in [5.74, 6) is 1.81. The molecule has 2 aliphatic rings. The number of nitrogens with one attached hydrogen (secondary N) is 2. The van der Waals surface area contributed by atoms with E-state index in [9.17, 15) is 0 Å². The zero-order valence-corrected chi connectivity index (χ0v) is 19.8. The molecule has 7 heteroatoms.